The highest BCUT2D eigenvalue weighted by Crippen LogP contribution is 2.29. The van der Waals surface area contributed by atoms with Crippen LogP contribution in [-0.2, 0) is 5.41 Å². The molecule has 0 saturated carbocycles. The zero-order valence-electron chi connectivity index (χ0n) is 12.6. The molecule has 0 aromatic carbocycles. The van der Waals surface area contributed by atoms with Gasteiger partial charge in [-0.2, -0.15) is 0 Å². The summed E-state index contributed by atoms with van der Waals surface area (Å²) in [5, 5.41) is 13.2. The second-order valence-electron chi connectivity index (χ2n) is 5.53. The maximum atomic E-state index is 8.88. The molecule has 0 spiro atoms. The number of anilines is 1. The summed E-state index contributed by atoms with van der Waals surface area (Å²) in [4.78, 5) is 9.33. The summed E-state index contributed by atoms with van der Waals surface area (Å²) in [6.07, 6.45) is 0.787. The van der Waals surface area contributed by atoms with Gasteiger partial charge in [-0.3, -0.25) is 0 Å². The van der Waals surface area contributed by atoms with Crippen molar-refractivity contribution in [2.45, 2.75) is 51.5 Å². The maximum Gasteiger partial charge on any atom is 0.137 e. The second kappa shape index (κ2) is 7.10. The highest BCUT2D eigenvalue weighted by Gasteiger charge is 2.21. The lowest BCUT2D eigenvalue weighted by molar-refractivity contribution is 0.296. The first-order chi connectivity index (χ1) is 8.90. The fourth-order valence-corrected chi connectivity index (χ4v) is 2.48. The molecule has 0 atom stereocenters. The van der Waals surface area contributed by atoms with Crippen LogP contribution in [-0.4, -0.2) is 34.0 Å². The van der Waals surface area contributed by atoms with Crippen LogP contribution in [0.4, 0.5) is 5.82 Å². The van der Waals surface area contributed by atoms with Crippen molar-refractivity contribution in [2.24, 2.45) is 0 Å². The van der Waals surface area contributed by atoms with E-state index in [1.165, 1.54) is 0 Å². The minimum atomic E-state index is -0.0653. The lowest BCUT2D eigenvalue weighted by Gasteiger charge is -2.20. The Morgan fingerprint density at radius 3 is 2.47 bits per heavy atom. The van der Waals surface area contributed by atoms with Gasteiger partial charge in [-0.25, -0.2) is 9.97 Å². The zero-order chi connectivity index (χ0) is 14.5. The standard InChI is InChI=1S/C14H25N3OS/c1-6-15-11-10(2)12(19-9-7-8-18)17-13(16-11)14(3,4)5/h18H,6-9H2,1-5H3,(H,15,16,17). The predicted octanol–water partition coefficient (Wildman–Crippen LogP) is 2.99. The van der Waals surface area contributed by atoms with Gasteiger partial charge in [-0.1, -0.05) is 20.8 Å². The largest absolute Gasteiger partial charge is 0.396 e. The molecule has 5 heteroatoms. The molecule has 1 rings (SSSR count). The Hall–Kier alpha value is -0.810. The molecule has 1 heterocycles. The molecule has 1 aromatic heterocycles. The monoisotopic (exact) mass is 283 g/mol. The van der Waals surface area contributed by atoms with Crippen molar-refractivity contribution in [3.8, 4) is 0 Å². The lowest BCUT2D eigenvalue weighted by Crippen LogP contribution is -2.19. The van der Waals surface area contributed by atoms with Crippen LogP contribution in [0.25, 0.3) is 0 Å². The average molecular weight is 283 g/mol. The summed E-state index contributed by atoms with van der Waals surface area (Å²) in [5.74, 6) is 2.67. The number of nitrogens with zero attached hydrogens (tertiary/aromatic N) is 2. The van der Waals surface area contributed by atoms with Gasteiger partial charge in [0.05, 0.1) is 0 Å². The van der Waals surface area contributed by atoms with Crippen molar-refractivity contribution >= 4 is 17.6 Å². The quantitative estimate of drug-likeness (QED) is 0.477. The third-order valence-electron chi connectivity index (χ3n) is 2.66. The highest BCUT2D eigenvalue weighted by atomic mass is 32.2. The Morgan fingerprint density at radius 2 is 1.95 bits per heavy atom. The summed E-state index contributed by atoms with van der Waals surface area (Å²) in [6, 6.07) is 0. The normalized spacial score (nSPS) is 11.7. The van der Waals surface area contributed by atoms with Crippen molar-refractivity contribution in [1.29, 1.82) is 0 Å². The van der Waals surface area contributed by atoms with Gasteiger partial charge >= 0.3 is 0 Å². The van der Waals surface area contributed by atoms with Crippen LogP contribution >= 0.6 is 11.8 Å². The van der Waals surface area contributed by atoms with Gasteiger partial charge in [-0.15, -0.1) is 11.8 Å². The van der Waals surface area contributed by atoms with Gasteiger partial charge < -0.3 is 10.4 Å². The fraction of sp³-hybridized carbons (Fsp3) is 0.714. The average Bonchev–Trinajstić information content (AvgIpc) is 2.32. The predicted molar refractivity (Wildman–Crippen MR) is 82.1 cm³/mol. The van der Waals surface area contributed by atoms with Crippen LogP contribution in [0.2, 0.25) is 0 Å². The lowest BCUT2D eigenvalue weighted by atomic mass is 9.95. The van der Waals surface area contributed by atoms with Crippen LogP contribution in [0.5, 0.6) is 0 Å². The van der Waals surface area contributed by atoms with E-state index < -0.39 is 0 Å². The third-order valence-corrected chi connectivity index (χ3v) is 3.82. The van der Waals surface area contributed by atoms with Gasteiger partial charge in [0.15, 0.2) is 0 Å². The summed E-state index contributed by atoms with van der Waals surface area (Å²) in [6.45, 7) is 11.6. The van der Waals surface area contributed by atoms with Crippen molar-refractivity contribution in [3.05, 3.63) is 11.4 Å². The molecular formula is C14H25N3OS. The molecule has 108 valence electrons. The number of nitrogens with one attached hydrogen (secondary N) is 1. The molecule has 0 amide bonds. The van der Waals surface area contributed by atoms with Gasteiger partial charge in [-0.05, 0) is 20.3 Å². The van der Waals surface area contributed by atoms with Gasteiger partial charge in [0, 0.05) is 29.9 Å². The van der Waals surface area contributed by atoms with Crippen LogP contribution < -0.4 is 5.32 Å². The number of aliphatic hydroxyl groups is 1. The van der Waals surface area contributed by atoms with Crippen LogP contribution in [0.1, 0.15) is 45.5 Å². The molecule has 0 aliphatic rings. The number of hydrogen-bond acceptors (Lipinski definition) is 5. The van der Waals surface area contributed by atoms with E-state index in [9.17, 15) is 0 Å². The van der Waals surface area contributed by atoms with E-state index in [4.69, 9.17) is 5.11 Å². The van der Waals surface area contributed by atoms with Crippen molar-refractivity contribution in [3.63, 3.8) is 0 Å². The number of aliphatic hydroxyl groups excluding tert-OH is 1. The molecule has 4 nitrogen and oxygen atoms in total. The molecule has 1 aromatic rings. The Kier molecular flexibility index (Phi) is 6.07. The molecule has 0 unspecified atom stereocenters. The number of thioether (sulfide) groups is 1. The van der Waals surface area contributed by atoms with E-state index in [1.54, 1.807) is 11.8 Å². The minimum absolute atomic E-state index is 0.0653. The minimum Gasteiger partial charge on any atom is -0.396 e. The molecule has 0 bridgehead atoms. The first-order valence-corrected chi connectivity index (χ1v) is 7.75. The van der Waals surface area contributed by atoms with E-state index in [1.807, 2.05) is 6.92 Å². The van der Waals surface area contributed by atoms with E-state index >= 15 is 0 Å². The molecule has 19 heavy (non-hydrogen) atoms. The number of hydrogen-bond donors (Lipinski definition) is 2. The van der Waals surface area contributed by atoms with Crippen LogP contribution in [0, 0.1) is 6.92 Å². The molecular weight excluding hydrogens is 258 g/mol. The zero-order valence-corrected chi connectivity index (χ0v) is 13.4. The Bertz CT molecular complexity index is 416. The van der Waals surface area contributed by atoms with E-state index in [2.05, 4.69) is 43.0 Å². The summed E-state index contributed by atoms with van der Waals surface area (Å²) in [5.41, 5.74) is 1.03. The maximum absolute atomic E-state index is 8.88. The first kappa shape index (κ1) is 16.2. The van der Waals surface area contributed by atoms with Crippen LogP contribution in [0.15, 0.2) is 5.03 Å². The highest BCUT2D eigenvalue weighted by molar-refractivity contribution is 7.99. The van der Waals surface area contributed by atoms with Gasteiger partial charge in [0.25, 0.3) is 0 Å². The molecule has 0 fully saturated rings. The van der Waals surface area contributed by atoms with Gasteiger partial charge in [0.2, 0.25) is 0 Å². The van der Waals surface area contributed by atoms with E-state index in [0.29, 0.717) is 0 Å². The number of rotatable bonds is 6. The molecule has 0 aliphatic carbocycles. The van der Waals surface area contributed by atoms with Crippen molar-refractivity contribution in [2.75, 3.05) is 24.2 Å². The van der Waals surface area contributed by atoms with E-state index in [0.717, 1.165) is 41.0 Å². The van der Waals surface area contributed by atoms with Crippen molar-refractivity contribution in [1.82, 2.24) is 9.97 Å². The Morgan fingerprint density at radius 1 is 1.26 bits per heavy atom. The molecule has 2 N–H and O–H groups in total. The molecule has 0 aliphatic heterocycles. The molecule has 0 radical (unpaired) electrons. The fourth-order valence-electron chi connectivity index (χ4n) is 1.54. The summed E-state index contributed by atoms with van der Waals surface area (Å²) < 4.78 is 0. The third kappa shape index (κ3) is 4.66. The van der Waals surface area contributed by atoms with E-state index in [-0.39, 0.29) is 12.0 Å². The summed E-state index contributed by atoms with van der Waals surface area (Å²) >= 11 is 1.69. The topological polar surface area (TPSA) is 58.0 Å². The Balaban J connectivity index is 3.09. The first-order valence-electron chi connectivity index (χ1n) is 6.76. The second-order valence-corrected chi connectivity index (χ2v) is 6.62. The summed E-state index contributed by atoms with van der Waals surface area (Å²) in [7, 11) is 0. The molecule has 0 saturated heterocycles. The Labute approximate surface area is 120 Å². The van der Waals surface area contributed by atoms with Gasteiger partial charge in [0.1, 0.15) is 16.7 Å². The smallest absolute Gasteiger partial charge is 0.137 e. The van der Waals surface area contributed by atoms with Crippen LogP contribution in [0.3, 0.4) is 0 Å². The SMILES string of the molecule is CCNc1nc(C(C)(C)C)nc(SCCCO)c1C. The van der Waals surface area contributed by atoms with Crippen molar-refractivity contribution < 1.29 is 5.11 Å². The number of aromatic nitrogens is 2.